The third-order valence-corrected chi connectivity index (χ3v) is 5.39. The fourth-order valence-corrected chi connectivity index (χ4v) is 3.61. The summed E-state index contributed by atoms with van der Waals surface area (Å²) in [7, 11) is 0. The molecular formula is C19H16Cl2N2S. The van der Waals surface area contributed by atoms with E-state index < -0.39 is 0 Å². The lowest BCUT2D eigenvalue weighted by atomic mass is 10.0. The Morgan fingerprint density at radius 3 is 2.38 bits per heavy atom. The molecule has 0 unspecified atom stereocenters. The van der Waals surface area contributed by atoms with Gasteiger partial charge in [0.05, 0.1) is 5.69 Å². The van der Waals surface area contributed by atoms with Crippen LogP contribution in [0.25, 0.3) is 11.3 Å². The summed E-state index contributed by atoms with van der Waals surface area (Å²) in [6.07, 6.45) is 0. The Labute approximate surface area is 156 Å². The van der Waals surface area contributed by atoms with Gasteiger partial charge >= 0.3 is 0 Å². The summed E-state index contributed by atoms with van der Waals surface area (Å²) in [6.45, 7) is 4.21. The second-order valence-electron chi connectivity index (χ2n) is 5.58. The van der Waals surface area contributed by atoms with Crippen molar-refractivity contribution in [3.63, 3.8) is 0 Å². The van der Waals surface area contributed by atoms with Gasteiger partial charge < -0.3 is 0 Å². The molecule has 3 rings (SSSR count). The molecule has 0 fully saturated rings. The van der Waals surface area contributed by atoms with Crippen molar-refractivity contribution in [1.29, 1.82) is 0 Å². The van der Waals surface area contributed by atoms with Crippen LogP contribution in [0.15, 0.2) is 53.6 Å². The van der Waals surface area contributed by atoms with E-state index in [0.717, 1.165) is 27.6 Å². The molecule has 1 heterocycles. The van der Waals surface area contributed by atoms with Crippen molar-refractivity contribution in [2.45, 2.75) is 24.6 Å². The molecule has 0 amide bonds. The highest BCUT2D eigenvalue weighted by molar-refractivity contribution is 7.98. The maximum Gasteiger partial charge on any atom is 0.119 e. The van der Waals surface area contributed by atoms with Crippen LogP contribution in [0.5, 0.6) is 0 Å². The highest BCUT2D eigenvalue weighted by Crippen LogP contribution is 2.28. The third kappa shape index (κ3) is 4.10. The standard InChI is InChI=1S/C19H16Cl2N2S/c1-12-3-4-14(9-13(12)2)18-7-8-19(23-22-18)24-11-15-5-6-16(20)10-17(15)21/h3-10H,11H2,1-2H3. The Hall–Kier alpha value is -1.55. The summed E-state index contributed by atoms with van der Waals surface area (Å²) in [5, 5.41) is 10.8. The molecule has 5 heteroatoms. The monoisotopic (exact) mass is 374 g/mol. The zero-order chi connectivity index (χ0) is 17.1. The first-order valence-corrected chi connectivity index (χ1v) is 9.25. The molecule has 0 radical (unpaired) electrons. The van der Waals surface area contributed by atoms with Gasteiger partial charge in [0.25, 0.3) is 0 Å². The smallest absolute Gasteiger partial charge is 0.119 e. The van der Waals surface area contributed by atoms with Gasteiger partial charge in [-0.05, 0) is 60.9 Å². The van der Waals surface area contributed by atoms with Crippen molar-refractivity contribution in [2.75, 3.05) is 0 Å². The molecule has 0 saturated carbocycles. The van der Waals surface area contributed by atoms with Gasteiger partial charge in [0.2, 0.25) is 0 Å². The molecule has 0 aliphatic rings. The number of thioether (sulfide) groups is 1. The number of hydrogen-bond donors (Lipinski definition) is 0. The lowest BCUT2D eigenvalue weighted by Crippen LogP contribution is -1.91. The highest BCUT2D eigenvalue weighted by atomic mass is 35.5. The van der Waals surface area contributed by atoms with Crippen molar-refractivity contribution in [3.8, 4) is 11.3 Å². The van der Waals surface area contributed by atoms with Crippen molar-refractivity contribution >= 4 is 35.0 Å². The van der Waals surface area contributed by atoms with E-state index in [1.807, 2.05) is 24.3 Å². The average Bonchev–Trinajstić information content (AvgIpc) is 2.57. The van der Waals surface area contributed by atoms with E-state index in [2.05, 4.69) is 42.2 Å². The van der Waals surface area contributed by atoms with Crippen LogP contribution >= 0.6 is 35.0 Å². The first kappa shape index (κ1) is 17.3. The summed E-state index contributed by atoms with van der Waals surface area (Å²) in [5.74, 6) is 0.730. The number of halogens is 2. The Balaban J connectivity index is 1.71. The molecule has 0 atom stereocenters. The van der Waals surface area contributed by atoms with E-state index in [1.165, 1.54) is 11.1 Å². The molecule has 2 nitrogen and oxygen atoms in total. The van der Waals surface area contributed by atoms with Crippen molar-refractivity contribution in [1.82, 2.24) is 10.2 Å². The zero-order valence-electron chi connectivity index (χ0n) is 13.4. The summed E-state index contributed by atoms with van der Waals surface area (Å²) in [6, 6.07) is 15.9. The minimum Gasteiger partial charge on any atom is -0.149 e. The molecule has 122 valence electrons. The lowest BCUT2D eigenvalue weighted by Gasteiger charge is -2.06. The number of hydrogen-bond acceptors (Lipinski definition) is 3. The number of aryl methyl sites for hydroxylation is 2. The van der Waals surface area contributed by atoms with Crippen molar-refractivity contribution in [2.24, 2.45) is 0 Å². The normalized spacial score (nSPS) is 10.8. The molecule has 0 aliphatic carbocycles. The van der Waals surface area contributed by atoms with Crippen LogP contribution in [0.4, 0.5) is 0 Å². The van der Waals surface area contributed by atoms with E-state index in [4.69, 9.17) is 23.2 Å². The molecule has 0 saturated heterocycles. The van der Waals surface area contributed by atoms with Crippen LogP contribution in [0.1, 0.15) is 16.7 Å². The first-order chi connectivity index (χ1) is 11.5. The maximum absolute atomic E-state index is 6.19. The predicted octanol–water partition coefficient (Wildman–Crippen LogP) is 6.36. The highest BCUT2D eigenvalue weighted by Gasteiger charge is 2.06. The molecule has 2 aromatic carbocycles. The second-order valence-corrected chi connectivity index (χ2v) is 7.42. The van der Waals surface area contributed by atoms with Crippen molar-refractivity contribution in [3.05, 3.63) is 75.3 Å². The Morgan fingerprint density at radius 1 is 0.875 bits per heavy atom. The molecule has 0 N–H and O–H groups in total. The Bertz CT molecular complexity index is 864. The van der Waals surface area contributed by atoms with Gasteiger partial charge in [-0.3, -0.25) is 0 Å². The van der Waals surface area contributed by atoms with Gasteiger partial charge in [0.15, 0.2) is 0 Å². The second kappa shape index (κ2) is 7.56. The van der Waals surface area contributed by atoms with E-state index in [-0.39, 0.29) is 0 Å². The summed E-state index contributed by atoms with van der Waals surface area (Å²) >= 11 is 13.7. The van der Waals surface area contributed by atoms with Gasteiger partial charge in [-0.2, -0.15) is 0 Å². The molecular weight excluding hydrogens is 359 g/mol. The fourth-order valence-electron chi connectivity index (χ4n) is 2.24. The minimum atomic E-state index is 0.645. The molecule has 0 bridgehead atoms. The maximum atomic E-state index is 6.19. The number of benzene rings is 2. The van der Waals surface area contributed by atoms with E-state index >= 15 is 0 Å². The summed E-state index contributed by atoms with van der Waals surface area (Å²) < 4.78 is 0. The van der Waals surface area contributed by atoms with Gasteiger partial charge in [-0.25, -0.2) is 0 Å². The largest absolute Gasteiger partial charge is 0.149 e. The van der Waals surface area contributed by atoms with Crippen molar-refractivity contribution < 1.29 is 0 Å². The van der Waals surface area contributed by atoms with Gasteiger partial charge in [-0.1, -0.05) is 53.2 Å². The molecule has 0 aliphatic heterocycles. The van der Waals surface area contributed by atoms with E-state index in [9.17, 15) is 0 Å². The van der Waals surface area contributed by atoms with Gasteiger partial charge in [0.1, 0.15) is 5.03 Å². The van der Waals surface area contributed by atoms with Gasteiger partial charge in [-0.15, -0.1) is 10.2 Å². The predicted molar refractivity (Wildman–Crippen MR) is 103 cm³/mol. The molecule has 24 heavy (non-hydrogen) atoms. The minimum absolute atomic E-state index is 0.645. The van der Waals surface area contributed by atoms with Crippen LogP contribution in [0.3, 0.4) is 0 Å². The average molecular weight is 375 g/mol. The Morgan fingerprint density at radius 2 is 1.71 bits per heavy atom. The number of aromatic nitrogens is 2. The quantitative estimate of drug-likeness (QED) is 0.496. The van der Waals surface area contributed by atoms with E-state index in [0.29, 0.717) is 10.0 Å². The lowest BCUT2D eigenvalue weighted by molar-refractivity contribution is 0.935. The summed E-state index contributed by atoms with van der Waals surface area (Å²) in [4.78, 5) is 0. The zero-order valence-corrected chi connectivity index (χ0v) is 15.7. The van der Waals surface area contributed by atoms with E-state index in [1.54, 1.807) is 17.8 Å². The third-order valence-electron chi connectivity index (χ3n) is 3.83. The molecule has 0 spiro atoms. The Kier molecular flexibility index (Phi) is 5.44. The van der Waals surface area contributed by atoms with Crippen LogP contribution in [0.2, 0.25) is 10.0 Å². The summed E-state index contributed by atoms with van der Waals surface area (Å²) in [5.41, 5.74) is 5.53. The first-order valence-electron chi connectivity index (χ1n) is 7.51. The molecule has 1 aromatic heterocycles. The fraction of sp³-hybridized carbons (Fsp3) is 0.158. The van der Waals surface area contributed by atoms with Crippen LogP contribution in [-0.2, 0) is 5.75 Å². The molecule has 3 aromatic rings. The number of nitrogens with zero attached hydrogens (tertiary/aromatic N) is 2. The van der Waals surface area contributed by atoms with Gasteiger partial charge in [0, 0.05) is 21.4 Å². The van der Waals surface area contributed by atoms with Crippen LogP contribution < -0.4 is 0 Å². The van der Waals surface area contributed by atoms with Crippen LogP contribution in [0, 0.1) is 13.8 Å². The number of rotatable bonds is 4. The topological polar surface area (TPSA) is 25.8 Å². The SMILES string of the molecule is Cc1ccc(-c2ccc(SCc3ccc(Cl)cc3Cl)nn2)cc1C. The van der Waals surface area contributed by atoms with Crippen LogP contribution in [-0.4, -0.2) is 10.2 Å².